The fourth-order valence-electron chi connectivity index (χ4n) is 3.63. The normalized spacial score (nSPS) is 30.7. The number of nitrogens with one attached hydrogen (secondary N) is 1. The summed E-state index contributed by atoms with van der Waals surface area (Å²) in [4.78, 5) is 12.2. The Morgan fingerprint density at radius 1 is 1.22 bits per heavy atom. The first-order chi connectivity index (χ1) is 8.67. The average Bonchev–Trinajstić information content (AvgIpc) is 3.15. The number of carbonyl (C=O) groups excluding carboxylic acids is 1. The average molecular weight is 252 g/mol. The lowest BCUT2D eigenvalue weighted by Crippen LogP contribution is -2.42. The SMILES string of the molecule is CCC(CC)(CN)CNC(=O)C1C2CCCCC21. The molecule has 0 saturated heterocycles. The Bertz CT molecular complexity index is 279. The van der Waals surface area contributed by atoms with Crippen LogP contribution in [0.2, 0.25) is 0 Å². The van der Waals surface area contributed by atoms with Crippen molar-refractivity contribution in [3.05, 3.63) is 0 Å². The molecule has 2 saturated carbocycles. The van der Waals surface area contributed by atoms with Crippen LogP contribution in [-0.4, -0.2) is 19.0 Å². The van der Waals surface area contributed by atoms with Crippen molar-refractivity contribution >= 4 is 5.91 Å². The molecule has 1 amide bonds. The van der Waals surface area contributed by atoms with Crippen LogP contribution in [0.4, 0.5) is 0 Å². The third kappa shape index (κ3) is 2.56. The van der Waals surface area contributed by atoms with E-state index in [1.54, 1.807) is 0 Å². The van der Waals surface area contributed by atoms with Gasteiger partial charge in [0.25, 0.3) is 0 Å². The van der Waals surface area contributed by atoms with Gasteiger partial charge in [-0.2, -0.15) is 0 Å². The molecule has 0 aliphatic heterocycles. The Labute approximate surface area is 111 Å². The van der Waals surface area contributed by atoms with E-state index in [1.807, 2.05) is 0 Å². The van der Waals surface area contributed by atoms with Gasteiger partial charge in [-0.1, -0.05) is 26.7 Å². The Balaban J connectivity index is 1.81. The number of hydrogen-bond acceptors (Lipinski definition) is 2. The van der Waals surface area contributed by atoms with Gasteiger partial charge < -0.3 is 11.1 Å². The largest absolute Gasteiger partial charge is 0.355 e. The molecule has 2 aliphatic carbocycles. The van der Waals surface area contributed by atoms with Crippen molar-refractivity contribution in [3.63, 3.8) is 0 Å². The zero-order valence-electron chi connectivity index (χ0n) is 11.9. The summed E-state index contributed by atoms with van der Waals surface area (Å²) in [7, 11) is 0. The van der Waals surface area contributed by atoms with Gasteiger partial charge in [0.2, 0.25) is 5.91 Å². The van der Waals surface area contributed by atoms with Crippen molar-refractivity contribution in [1.29, 1.82) is 0 Å². The maximum absolute atomic E-state index is 12.2. The molecular formula is C15H28N2O. The molecule has 0 radical (unpaired) electrons. The zero-order valence-corrected chi connectivity index (χ0v) is 11.9. The second-order valence-corrected chi connectivity index (χ2v) is 6.27. The molecule has 3 N–H and O–H groups in total. The van der Waals surface area contributed by atoms with Crippen molar-refractivity contribution in [3.8, 4) is 0 Å². The summed E-state index contributed by atoms with van der Waals surface area (Å²) in [5.41, 5.74) is 5.98. The Hall–Kier alpha value is -0.570. The molecule has 2 unspecified atom stereocenters. The molecule has 2 aliphatic rings. The molecule has 3 heteroatoms. The monoisotopic (exact) mass is 252 g/mol. The molecule has 0 heterocycles. The van der Waals surface area contributed by atoms with E-state index in [4.69, 9.17) is 5.73 Å². The fraction of sp³-hybridized carbons (Fsp3) is 0.933. The lowest BCUT2D eigenvalue weighted by Gasteiger charge is -2.30. The summed E-state index contributed by atoms with van der Waals surface area (Å²) >= 11 is 0. The molecule has 0 aromatic carbocycles. The van der Waals surface area contributed by atoms with Gasteiger partial charge in [0, 0.05) is 12.5 Å². The van der Waals surface area contributed by atoms with E-state index in [9.17, 15) is 4.79 Å². The fourth-order valence-corrected chi connectivity index (χ4v) is 3.63. The Morgan fingerprint density at radius 3 is 2.22 bits per heavy atom. The van der Waals surface area contributed by atoms with E-state index in [2.05, 4.69) is 19.2 Å². The van der Waals surface area contributed by atoms with Crippen molar-refractivity contribution in [1.82, 2.24) is 5.32 Å². The van der Waals surface area contributed by atoms with Gasteiger partial charge in [0.05, 0.1) is 0 Å². The lowest BCUT2D eigenvalue weighted by atomic mass is 9.82. The molecule has 2 fully saturated rings. The van der Waals surface area contributed by atoms with Gasteiger partial charge in [-0.25, -0.2) is 0 Å². The van der Waals surface area contributed by atoms with Crippen molar-refractivity contribution in [2.45, 2.75) is 52.4 Å². The lowest BCUT2D eigenvalue weighted by molar-refractivity contribution is -0.123. The molecule has 18 heavy (non-hydrogen) atoms. The minimum absolute atomic E-state index is 0.107. The first-order valence-electron chi connectivity index (χ1n) is 7.65. The maximum atomic E-state index is 12.2. The Kier molecular flexibility index (Phi) is 4.31. The summed E-state index contributed by atoms with van der Waals surface area (Å²) in [6, 6.07) is 0. The molecular weight excluding hydrogens is 224 g/mol. The summed E-state index contributed by atoms with van der Waals surface area (Å²) in [6.45, 7) is 5.75. The molecule has 3 nitrogen and oxygen atoms in total. The van der Waals surface area contributed by atoms with Crippen LogP contribution in [0, 0.1) is 23.2 Å². The zero-order chi connectivity index (χ0) is 13.2. The van der Waals surface area contributed by atoms with Gasteiger partial charge in [-0.3, -0.25) is 4.79 Å². The van der Waals surface area contributed by atoms with Crippen LogP contribution in [0.1, 0.15) is 52.4 Å². The number of fused-ring (bicyclic) bond motifs is 1. The first-order valence-corrected chi connectivity index (χ1v) is 7.65. The molecule has 0 bridgehead atoms. The van der Waals surface area contributed by atoms with E-state index in [1.165, 1.54) is 25.7 Å². The topological polar surface area (TPSA) is 55.1 Å². The molecule has 0 aromatic rings. The highest BCUT2D eigenvalue weighted by Crippen LogP contribution is 2.55. The third-order valence-electron chi connectivity index (χ3n) is 5.53. The number of nitrogens with two attached hydrogens (primary N) is 1. The molecule has 104 valence electrons. The summed E-state index contributed by atoms with van der Waals surface area (Å²) < 4.78 is 0. The third-order valence-corrected chi connectivity index (χ3v) is 5.53. The highest BCUT2D eigenvalue weighted by atomic mass is 16.2. The number of rotatable bonds is 6. The van der Waals surface area contributed by atoms with Gasteiger partial charge in [0.15, 0.2) is 0 Å². The van der Waals surface area contributed by atoms with Crippen LogP contribution >= 0.6 is 0 Å². The van der Waals surface area contributed by atoms with Crippen molar-refractivity contribution < 1.29 is 4.79 Å². The van der Waals surface area contributed by atoms with Gasteiger partial charge >= 0.3 is 0 Å². The Morgan fingerprint density at radius 2 is 1.78 bits per heavy atom. The maximum Gasteiger partial charge on any atom is 0.223 e. The predicted octanol–water partition coefficient (Wildman–Crippen LogP) is 2.30. The summed E-state index contributed by atoms with van der Waals surface area (Å²) in [5, 5.41) is 3.18. The standard InChI is InChI=1S/C15H28N2O/c1-3-15(4-2,9-16)10-17-14(18)13-11-7-5-6-8-12(11)13/h11-13H,3-10,16H2,1-2H3,(H,17,18). The highest BCUT2D eigenvalue weighted by molar-refractivity contribution is 5.82. The van der Waals surface area contributed by atoms with Crippen LogP contribution < -0.4 is 11.1 Å². The van der Waals surface area contributed by atoms with Crippen LogP contribution in [0.5, 0.6) is 0 Å². The van der Waals surface area contributed by atoms with Gasteiger partial charge in [0.1, 0.15) is 0 Å². The van der Waals surface area contributed by atoms with Crippen LogP contribution in [0.15, 0.2) is 0 Å². The van der Waals surface area contributed by atoms with Crippen LogP contribution in [0.3, 0.4) is 0 Å². The van der Waals surface area contributed by atoms with Crippen LogP contribution in [-0.2, 0) is 4.79 Å². The van der Waals surface area contributed by atoms with Crippen molar-refractivity contribution in [2.24, 2.45) is 28.9 Å². The summed E-state index contributed by atoms with van der Waals surface area (Å²) in [5.74, 6) is 2.03. The molecule has 0 aromatic heterocycles. The van der Waals surface area contributed by atoms with Crippen molar-refractivity contribution in [2.75, 3.05) is 13.1 Å². The minimum Gasteiger partial charge on any atom is -0.355 e. The van der Waals surface area contributed by atoms with Crippen LogP contribution in [0.25, 0.3) is 0 Å². The van der Waals surface area contributed by atoms with E-state index < -0.39 is 0 Å². The van der Waals surface area contributed by atoms with Gasteiger partial charge in [-0.15, -0.1) is 0 Å². The number of amides is 1. The highest BCUT2D eigenvalue weighted by Gasteiger charge is 2.54. The second kappa shape index (κ2) is 5.60. The minimum atomic E-state index is 0.107. The van der Waals surface area contributed by atoms with E-state index in [-0.39, 0.29) is 5.41 Å². The first kappa shape index (κ1) is 13.9. The molecule has 2 atom stereocenters. The van der Waals surface area contributed by atoms with E-state index in [0.717, 1.165) is 19.4 Å². The number of carbonyl (C=O) groups is 1. The predicted molar refractivity (Wildman–Crippen MR) is 74.0 cm³/mol. The number of hydrogen-bond donors (Lipinski definition) is 2. The molecule has 2 rings (SSSR count). The van der Waals surface area contributed by atoms with E-state index >= 15 is 0 Å². The quantitative estimate of drug-likeness (QED) is 0.762. The van der Waals surface area contributed by atoms with E-state index in [0.29, 0.717) is 30.2 Å². The summed E-state index contributed by atoms with van der Waals surface area (Å²) in [6.07, 6.45) is 7.26. The second-order valence-electron chi connectivity index (χ2n) is 6.27. The smallest absolute Gasteiger partial charge is 0.223 e. The van der Waals surface area contributed by atoms with Gasteiger partial charge in [-0.05, 0) is 49.5 Å². The molecule has 0 spiro atoms.